The molecule has 0 radical (unpaired) electrons. The van der Waals surface area contributed by atoms with Crippen LogP contribution in [-0.2, 0) is 14.8 Å². The molecule has 0 saturated heterocycles. The van der Waals surface area contributed by atoms with Gasteiger partial charge < -0.3 is 0 Å². The quantitative estimate of drug-likeness (QED) is 0.718. The van der Waals surface area contributed by atoms with Crippen LogP contribution in [0.4, 0.5) is 17.6 Å². The summed E-state index contributed by atoms with van der Waals surface area (Å²) in [5.74, 6) is -1.16. The number of carbonyl (C=O) groups excluding carboxylic acids is 1. The van der Waals surface area contributed by atoms with E-state index in [2.05, 4.69) is 0 Å². The van der Waals surface area contributed by atoms with E-state index in [1.165, 1.54) is 19.1 Å². The van der Waals surface area contributed by atoms with Crippen molar-refractivity contribution < 1.29 is 30.8 Å². The number of alkyl halides is 3. The summed E-state index contributed by atoms with van der Waals surface area (Å²) in [6, 6.07) is 0.817. The second-order valence-electron chi connectivity index (χ2n) is 6.24. The fraction of sp³-hybridized carbons (Fsp3) is 0.316. The molecular weight excluding hydrogens is 398 g/mol. The Morgan fingerprint density at radius 3 is 2.36 bits per heavy atom. The fourth-order valence-corrected chi connectivity index (χ4v) is 3.89. The SMILES string of the molecule is CC(=O)C1=C/C(S(=O)(=O)NC(c2ccc(F)cc2)C(F)(F)F)=C\CCCC=C1. The highest BCUT2D eigenvalue weighted by atomic mass is 32.2. The number of hydrogen-bond donors (Lipinski definition) is 1. The zero-order valence-corrected chi connectivity index (χ0v) is 15.8. The molecule has 2 rings (SSSR count). The fourth-order valence-electron chi connectivity index (χ4n) is 2.56. The molecule has 0 aliphatic heterocycles. The Bertz CT molecular complexity index is 913. The molecule has 0 amide bonds. The minimum atomic E-state index is -4.95. The first-order valence-electron chi connectivity index (χ1n) is 8.44. The maximum Gasteiger partial charge on any atom is 0.408 e. The van der Waals surface area contributed by atoms with E-state index in [4.69, 9.17) is 0 Å². The molecule has 0 saturated carbocycles. The average molecular weight is 417 g/mol. The van der Waals surface area contributed by atoms with Gasteiger partial charge in [0.2, 0.25) is 10.0 Å². The second-order valence-corrected chi connectivity index (χ2v) is 7.96. The van der Waals surface area contributed by atoms with Crippen LogP contribution in [0.1, 0.15) is 37.8 Å². The molecule has 0 aromatic heterocycles. The molecule has 0 heterocycles. The van der Waals surface area contributed by atoms with Gasteiger partial charge in [-0.3, -0.25) is 4.79 Å². The van der Waals surface area contributed by atoms with E-state index in [1.54, 1.807) is 10.8 Å². The van der Waals surface area contributed by atoms with E-state index >= 15 is 0 Å². The van der Waals surface area contributed by atoms with E-state index < -0.39 is 44.3 Å². The van der Waals surface area contributed by atoms with Crippen LogP contribution in [-0.4, -0.2) is 20.4 Å². The predicted molar refractivity (Wildman–Crippen MR) is 97.1 cm³/mol. The third-order valence-corrected chi connectivity index (χ3v) is 5.49. The lowest BCUT2D eigenvalue weighted by molar-refractivity contribution is -0.153. The Hall–Kier alpha value is -2.26. The lowest BCUT2D eigenvalue weighted by Gasteiger charge is -2.22. The number of carbonyl (C=O) groups is 1. The van der Waals surface area contributed by atoms with Crippen molar-refractivity contribution in [3.63, 3.8) is 0 Å². The summed E-state index contributed by atoms with van der Waals surface area (Å²) in [7, 11) is -4.61. The number of rotatable bonds is 5. The third kappa shape index (κ3) is 5.87. The van der Waals surface area contributed by atoms with Crippen LogP contribution in [0.3, 0.4) is 0 Å². The summed E-state index contributed by atoms with van der Waals surface area (Å²) >= 11 is 0. The molecule has 1 unspecified atom stereocenters. The molecule has 4 nitrogen and oxygen atoms in total. The summed E-state index contributed by atoms with van der Waals surface area (Å²) in [5, 5.41) is 0. The first kappa shape index (κ1) is 22.0. The molecule has 1 aliphatic rings. The number of allylic oxidation sites excluding steroid dienone is 5. The maximum absolute atomic E-state index is 13.5. The van der Waals surface area contributed by atoms with Crippen molar-refractivity contribution >= 4 is 15.8 Å². The standard InChI is InChI=1S/C19H19F4NO3S/c1-13(25)15-6-4-2-3-5-7-17(12-15)28(26,27)24-18(19(21,22)23)14-8-10-16(20)11-9-14/h4,6-12,18,24H,2-3,5H2,1H3/b6-4?,15-12?,17-7+. The summed E-state index contributed by atoms with van der Waals surface area (Å²) < 4.78 is 80.6. The van der Waals surface area contributed by atoms with Crippen LogP contribution < -0.4 is 4.72 Å². The number of hydrogen-bond acceptors (Lipinski definition) is 3. The lowest BCUT2D eigenvalue weighted by Crippen LogP contribution is -2.38. The van der Waals surface area contributed by atoms with Gasteiger partial charge in [-0.05, 0) is 50.0 Å². The smallest absolute Gasteiger partial charge is 0.295 e. The van der Waals surface area contributed by atoms with Gasteiger partial charge in [0.15, 0.2) is 5.78 Å². The van der Waals surface area contributed by atoms with Crippen molar-refractivity contribution in [3.05, 3.63) is 70.4 Å². The van der Waals surface area contributed by atoms with Crippen LogP contribution >= 0.6 is 0 Å². The summed E-state index contributed by atoms with van der Waals surface area (Å²) in [6.07, 6.45) is 2.06. The van der Waals surface area contributed by atoms with Gasteiger partial charge in [-0.15, -0.1) is 0 Å². The van der Waals surface area contributed by atoms with E-state index in [0.717, 1.165) is 30.3 Å². The topological polar surface area (TPSA) is 63.2 Å². The van der Waals surface area contributed by atoms with E-state index in [-0.39, 0.29) is 5.57 Å². The van der Waals surface area contributed by atoms with Gasteiger partial charge in [0.1, 0.15) is 11.9 Å². The normalized spacial score (nSPS) is 18.9. The molecule has 1 N–H and O–H groups in total. The third-order valence-electron chi connectivity index (χ3n) is 4.04. The Morgan fingerprint density at radius 2 is 1.79 bits per heavy atom. The molecule has 1 aromatic rings. The largest absolute Gasteiger partial charge is 0.408 e. The van der Waals surface area contributed by atoms with E-state index in [9.17, 15) is 30.8 Å². The first-order valence-corrected chi connectivity index (χ1v) is 9.93. The highest BCUT2D eigenvalue weighted by molar-refractivity contribution is 7.93. The number of Topliss-reactive ketones (excluding diaryl/α,β-unsaturated/α-hetero) is 1. The molecule has 152 valence electrons. The van der Waals surface area contributed by atoms with Crippen molar-refractivity contribution in [3.8, 4) is 0 Å². The van der Waals surface area contributed by atoms with E-state index in [1.807, 2.05) is 0 Å². The number of ketones is 1. The molecule has 0 fully saturated rings. The average Bonchev–Trinajstić information content (AvgIpc) is 2.72. The Kier molecular flexibility index (Phi) is 6.95. The van der Waals surface area contributed by atoms with Gasteiger partial charge in [-0.2, -0.15) is 17.9 Å². The molecule has 0 bridgehead atoms. The maximum atomic E-state index is 13.5. The lowest BCUT2D eigenvalue weighted by atomic mass is 10.1. The molecule has 1 atom stereocenters. The van der Waals surface area contributed by atoms with Crippen LogP contribution in [0.15, 0.2) is 59.0 Å². The minimum absolute atomic E-state index is 0.0730. The van der Waals surface area contributed by atoms with Gasteiger partial charge in [0.05, 0.1) is 4.91 Å². The summed E-state index contributed by atoms with van der Waals surface area (Å²) in [5.41, 5.74) is -0.374. The van der Waals surface area contributed by atoms with Gasteiger partial charge in [0.25, 0.3) is 0 Å². The monoisotopic (exact) mass is 417 g/mol. The van der Waals surface area contributed by atoms with Crippen molar-refractivity contribution in [1.82, 2.24) is 4.72 Å². The molecule has 1 aliphatic carbocycles. The molecule has 0 spiro atoms. The minimum Gasteiger partial charge on any atom is -0.295 e. The number of benzene rings is 1. The van der Waals surface area contributed by atoms with Crippen LogP contribution in [0, 0.1) is 5.82 Å². The number of nitrogens with one attached hydrogen (secondary N) is 1. The van der Waals surface area contributed by atoms with E-state index in [0.29, 0.717) is 19.3 Å². The van der Waals surface area contributed by atoms with Gasteiger partial charge >= 0.3 is 6.18 Å². The highest BCUT2D eigenvalue weighted by Crippen LogP contribution is 2.34. The zero-order chi connectivity index (χ0) is 20.9. The first-order chi connectivity index (χ1) is 13.0. The Morgan fingerprint density at radius 1 is 1.14 bits per heavy atom. The summed E-state index contributed by atoms with van der Waals surface area (Å²) in [4.78, 5) is 11.3. The van der Waals surface area contributed by atoms with Gasteiger partial charge in [-0.1, -0.05) is 30.4 Å². The number of sulfonamides is 1. The van der Waals surface area contributed by atoms with Crippen LogP contribution in [0.2, 0.25) is 0 Å². The molecule has 28 heavy (non-hydrogen) atoms. The molecule has 9 heteroatoms. The molecule has 1 aromatic carbocycles. The zero-order valence-electron chi connectivity index (χ0n) is 15.0. The highest BCUT2D eigenvalue weighted by Gasteiger charge is 2.43. The molecular formula is C19H19F4NO3S. The van der Waals surface area contributed by atoms with Crippen LogP contribution in [0.25, 0.3) is 0 Å². The Labute approximate surface area is 160 Å². The van der Waals surface area contributed by atoms with Crippen molar-refractivity contribution in [2.75, 3.05) is 0 Å². The van der Waals surface area contributed by atoms with Crippen LogP contribution in [0.5, 0.6) is 0 Å². The Balaban J connectivity index is 2.45. The number of halogens is 4. The van der Waals surface area contributed by atoms with Gasteiger partial charge in [-0.25, -0.2) is 12.8 Å². The van der Waals surface area contributed by atoms with Crippen molar-refractivity contribution in [2.45, 2.75) is 38.4 Å². The van der Waals surface area contributed by atoms with Crippen molar-refractivity contribution in [2.24, 2.45) is 0 Å². The van der Waals surface area contributed by atoms with Gasteiger partial charge in [0, 0.05) is 5.57 Å². The second kappa shape index (κ2) is 8.83. The predicted octanol–water partition coefficient (Wildman–Crippen LogP) is 4.49. The summed E-state index contributed by atoms with van der Waals surface area (Å²) in [6.45, 7) is 1.24. The van der Waals surface area contributed by atoms with Crippen molar-refractivity contribution in [1.29, 1.82) is 0 Å².